The molecule has 7 nitrogen and oxygen atoms in total. The summed E-state index contributed by atoms with van der Waals surface area (Å²) in [5, 5.41) is 14.0. The van der Waals surface area contributed by atoms with Gasteiger partial charge in [-0.15, -0.1) is 0 Å². The molecule has 7 heteroatoms. The average Bonchev–Trinajstić information content (AvgIpc) is 3.26. The van der Waals surface area contributed by atoms with E-state index in [1.807, 2.05) is 54.6 Å². The zero-order valence-corrected chi connectivity index (χ0v) is 14.9. The Morgan fingerprint density at radius 2 is 1.86 bits per heavy atom. The van der Waals surface area contributed by atoms with Crippen molar-refractivity contribution < 1.29 is 9.32 Å². The molecule has 1 aliphatic carbocycles. The van der Waals surface area contributed by atoms with Crippen molar-refractivity contribution in [1.29, 1.82) is 0 Å². The third-order valence-corrected chi connectivity index (χ3v) is 4.65. The fourth-order valence-corrected chi connectivity index (χ4v) is 2.99. The number of anilines is 1. The summed E-state index contributed by atoms with van der Waals surface area (Å²) in [6.45, 7) is 0. The summed E-state index contributed by atoms with van der Waals surface area (Å²) in [5.74, 6) is 2.28. The smallest absolute Gasteiger partial charge is 0.277 e. The molecule has 2 aromatic heterocycles. The molecular weight excluding hydrogens is 354 g/mol. The van der Waals surface area contributed by atoms with Crippen LogP contribution in [-0.2, 0) is 0 Å². The molecule has 0 unspecified atom stereocenters. The zero-order valence-electron chi connectivity index (χ0n) is 14.9. The molecule has 1 amide bonds. The Kier molecular flexibility index (Phi) is 3.97. The highest BCUT2D eigenvalue weighted by Gasteiger charge is 2.27. The summed E-state index contributed by atoms with van der Waals surface area (Å²) in [4.78, 5) is 17.1. The van der Waals surface area contributed by atoms with E-state index in [-0.39, 0.29) is 11.6 Å². The van der Waals surface area contributed by atoms with Crippen LogP contribution in [0.25, 0.3) is 22.7 Å². The largest absolute Gasteiger partial charge is 0.355 e. The molecule has 0 saturated heterocycles. The molecule has 0 bridgehead atoms. The van der Waals surface area contributed by atoms with Crippen LogP contribution in [0.3, 0.4) is 0 Å². The molecule has 5 rings (SSSR count). The summed E-state index contributed by atoms with van der Waals surface area (Å²) < 4.78 is 5.30. The van der Waals surface area contributed by atoms with E-state index in [2.05, 4.69) is 25.7 Å². The number of rotatable bonds is 5. The van der Waals surface area contributed by atoms with E-state index < -0.39 is 0 Å². The van der Waals surface area contributed by atoms with Crippen molar-refractivity contribution in [3.63, 3.8) is 0 Å². The number of aromatic nitrogens is 4. The molecule has 2 aromatic carbocycles. The van der Waals surface area contributed by atoms with E-state index in [0.717, 1.165) is 29.8 Å². The highest BCUT2D eigenvalue weighted by Crippen LogP contribution is 2.38. The number of hydrogen-bond donors (Lipinski definition) is 2. The maximum atomic E-state index is 12.5. The van der Waals surface area contributed by atoms with Gasteiger partial charge in [0.05, 0.1) is 0 Å². The van der Waals surface area contributed by atoms with Crippen LogP contribution in [0.15, 0.2) is 65.2 Å². The van der Waals surface area contributed by atoms with Crippen LogP contribution in [0.4, 0.5) is 5.69 Å². The van der Waals surface area contributed by atoms with Gasteiger partial charge in [0.25, 0.3) is 5.91 Å². The van der Waals surface area contributed by atoms with Crippen molar-refractivity contribution in [2.24, 2.45) is 0 Å². The number of amides is 1. The van der Waals surface area contributed by atoms with Gasteiger partial charge in [-0.25, -0.2) is 4.98 Å². The minimum atomic E-state index is -0.336. The highest BCUT2D eigenvalue weighted by molar-refractivity contribution is 6.03. The topological polar surface area (TPSA) is 96.7 Å². The zero-order chi connectivity index (χ0) is 18.9. The standard InChI is InChI=1S/C21H17N5O2/c27-21(17-12-18(28-26-17)13-5-2-1-3-6-13)22-16-8-4-7-15(11-16)20-23-19(24-25-20)14-9-10-14/h1-8,11-12,14H,9-10H2,(H,22,27)(H,23,24,25). The molecule has 2 heterocycles. The second kappa shape index (κ2) is 6.77. The number of nitrogens with one attached hydrogen (secondary N) is 2. The Bertz CT molecular complexity index is 1130. The second-order valence-corrected chi connectivity index (χ2v) is 6.80. The molecule has 0 atom stereocenters. The number of carbonyl (C=O) groups excluding carboxylic acids is 1. The van der Waals surface area contributed by atoms with Crippen LogP contribution in [0.2, 0.25) is 0 Å². The number of aromatic amines is 1. The predicted molar refractivity (Wildman–Crippen MR) is 104 cm³/mol. The van der Waals surface area contributed by atoms with E-state index in [1.54, 1.807) is 6.07 Å². The SMILES string of the molecule is O=C(Nc1cccc(-c2n[nH]c(C3CC3)n2)c1)c1cc(-c2ccccc2)on1. The number of benzene rings is 2. The van der Waals surface area contributed by atoms with Gasteiger partial charge in [0.15, 0.2) is 17.3 Å². The van der Waals surface area contributed by atoms with Gasteiger partial charge in [-0.05, 0) is 25.0 Å². The van der Waals surface area contributed by atoms with Crippen LogP contribution in [0, 0.1) is 0 Å². The monoisotopic (exact) mass is 371 g/mol. The summed E-state index contributed by atoms with van der Waals surface area (Å²) in [7, 11) is 0. The number of carbonyl (C=O) groups is 1. The lowest BCUT2D eigenvalue weighted by Gasteiger charge is -2.04. The molecule has 4 aromatic rings. The molecule has 1 saturated carbocycles. The van der Waals surface area contributed by atoms with Gasteiger partial charge in [-0.3, -0.25) is 9.89 Å². The van der Waals surface area contributed by atoms with Gasteiger partial charge >= 0.3 is 0 Å². The van der Waals surface area contributed by atoms with Gasteiger partial charge in [0, 0.05) is 28.8 Å². The van der Waals surface area contributed by atoms with Crippen LogP contribution in [-0.4, -0.2) is 26.2 Å². The third kappa shape index (κ3) is 3.29. The van der Waals surface area contributed by atoms with Crippen molar-refractivity contribution in [3.8, 4) is 22.7 Å². The Hall–Kier alpha value is -3.74. The molecule has 138 valence electrons. The normalized spacial score (nSPS) is 13.4. The van der Waals surface area contributed by atoms with Crippen molar-refractivity contribution in [2.45, 2.75) is 18.8 Å². The number of H-pyrrole nitrogens is 1. The maximum absolute atomic E-state index is 12.5. The molecule has 0 aliphatic heterocycles. The van der Waals surface area contributed by atoms with E-state index in [9.17, 15) is 4.79 Å². The summed E-state index contributed by atoms with van der Waals surface area (Å²) in [6, 6.07) is 18.6. The van der Waals surface area contributed by atoms with Gasteiger partial charge < -0.3 is 9.84 Å². The summed E-state index contributed by atoms with van der Waals surface area (Å²) >= 11 is 0. The van der Waals surface area contributed by atoms with Crippen molar-refractivity contribution in [3.05, 3.63) is 72.2 Å². The number of nitrogens with zero attached hydrogens (tertiary/aromatic N) is 3. The first kappa shape index (κ1) is 16.4. The van der Waals surface area contributed by atoms with E-state index in [4.69, 9.17) is 4.52 Å². The van der Waals surface area contributed by atoms with E-state index >= 15 is 0 Å². The quantitative estimate of drug-likeness (QED) is 0.546. The first-order chi connectivity index (χ1) is 13.8. The lowest BCUT2D eigenvalue weighted by Crippen LogP contribution is -2.12. The van der Waals surface area contributed by atoms with Crippen molar-refractivity contribution in [1.82, 2.24) is 20.3 Å². The first-order valence-electron chi connectivity index (χ1n) is 9.12. The Balaban J connectivity index is 1.33. The fraction of sp³-hybridized carbons (Fsp3) is 0.143. The lowest BCUT2D eigenvalue weighted by molar-refractivity contribution is 0.101. The van der Waals surface area contributed by atoms with E-state index in [1.165, 1.54) is 0 Å². The fourth-order valence-electron chi connectivity index (χ4n) is 2.99. The molecular formula is C21H17N5O2. The van der Waals surface area contributed by atoms with Gasteiger partial charge in [0.2, 0.25) is 0 Å². The Labute approximate surface area is 160 Å². The van der Waals surface area contributed by atoms with Crippen LogP contribution < -0.4 is 5.32 Å². The lowest BCUT2D eigenvalue weighted by atomic mass is 10.1. The molecule has 2 N–H and O–H groups in total. The summed E-state index contributed by atoms with van der Waals surface area (Å²) in [6.07, 6.45) is 2.32. The molecule has 0 spiro atoms. The van der Waals surface area contributed by atoms with E-state index in [0.29, 0.717) is 23.2 Å². The first-order valence-corrected chi connectivity index (χ1v) is 9.12. The van der Waals surface area contributed by atoms with Crippen LogP contribution in [0.5, 0.6) is 0 Å². The molecule has 1 fully saturated rings. The van der Waals surface area contributed by atoms with Crippen LogP contribution in [0.1, 0.15) is 35.1 Å². The second-order valence-electron chi connectivity index (χ2n) is 6.80. The maximum Gasteiger partial charge on any atom is 0.277 e. The Morgan fingerprint density at radius 1 is 1.04 bits per heavy atom. The van der Waals surface area contributed by atoms with Crippen LogP contribution >= 0.6 is 0 Å². The van der Waals surface area contributed by atoms with Gasteiger partial charge in [0.1, 0.15) is 5.82 Å². The predicted octanol–water partition coefficient (Wildman–Crippen LogP) is 4.26. The third-order valence-electron chi connectivity index (χ3n) is 4.65. The Morgan fingerprint density at radius 3 is 2.68 bits per heavy atom. The van der Waals surface area contributed by atoms with Crippen molar-refractivity contribution >= 4 is 11.6 Å². The van der Waals surface area contributed by atoms with Gasteiger partial charge in [-0.1, -0.05) is 47.6 Å². The summed E-state index contributed by atoms with van der Waals surface area (Å²) in [5.41, 5.74) is 2.57. The molecule has 1 aliphatic rings. The minimum absolute atomic E-state index is 0.221. The average molecular weight is 371 g/mol. The van der Waals surface area contributed by atoms with Crippen molar-refractivity contribution in [2.75, 3.05) is 5.32 Å². The highest BCUT2D eigenvalue weighted by atomic mass is 16.5. The molecule has 28 heavy (non-hydrogen) atoms. The van der Waals surface area contributed by atoms with Gasteiger partial charge in [-0.2, -0.15) is 5.10 Å². The molecule has 0 radical (unpaired) electrons. The minimum Gasteiger partial charge on any atom is -0.355 e. The number of hydrogen-bond acceptors (Lipinski definition) is 5.